The van der Waals surface area contributed by atoms with E-state index in [1.54, 1.807) is 31.5 Å². The fourth-order valence-electron chi connectivity index (χ4n) is 2.95. The minimum Gasteiger partial charge on any atom is -0.496 e. The van der Waals surface area contributed by atoms with Crippen molar-refractivity contribution in [1.82, 2.24) is 15.0 Å². The predicted octanol–water partition coefficient (Wildman–Crippen LogP) is 3.95. The molecular formula is C22H18N4O4S. The SMILES string of the molecule is COc1ccccc1-c1csc(NC(=O)C(C)OC(=O)c2cccc3nccnc23)n1. The van der Waals surface area contributed by atoms with Gasteiger partial charge in [0.25, 0.3) is 5.91 Å². The molecule has 4 aromatic rings. The van der Waals surface area contributed by atoms with Crippen molar-refractivity contribution >= 4 is 39.4 Å². The van der Waals surface area contributed by atoms with Crippen LogP contribution in [0.3, 0.4) is 0 Å². The van der Waals surface area contributed by atoms with E-state index in [0.29, 0.717) is 27.6 Å². The van der Waals surface area contributed by atoms with E-state index in [1.807, 2.05) is 29.6 Å². The van der Waals surface area contributed by atoms with Gasteiger partial charge in [-0.25, -0.2) is 9.78 Å². The summed E-state index contributed by atoms with van der Waals surface area (Å²) in [6.07, 6.45) is 2.01. The van der Waals surface area contributed by atoms with E-state index in [4.69, 9.17) is 9.47 Å². The molecule has 0 spiro atoms. The van der Waals surface area contributed by atoms with E-state index in [0.717, 1.165) is 5.56 Å². The number of esters is 1. The van der Waals surface area contributed by atoms with Gasteiger partial charge in [-0.1, -0.05) is 18.2 Å². The summed E-state index contributed by atoms with van der Waals surface area (Å²) in [5, 5.41) is 4.90. The molecule has 0 aliphatic heterocycles. The first-order chi connectivity index (χ1) is 15.1. The maximum Gasteiger partial charge on any atom is 0.341 e. The van der Waals surface area contributed by atoms with Gasteiger partial charge in [0, 0.05) is 23.3 Å². The number of carbonyl (C=O) groups is 2. The van der Waals surface area contributed by atoms with Crippen molar-refractivity contribution < 1.29 is 19.1 Å². The van der Waals surface area contributed by atoms with Crippen molar-refractivity contribution in [3.8, 4) is 17.0 Å². The monoisotopic (exact) mass is 434 g/mol. The Labute approximate surface area is 181 Å². The van der Waals surface area contributed by atoms with Gasteiger partial charge in [0.15, 0.2) is 11.2 Å². The minimum atomic E-state index is -1.03. The molecule has 2 aromatic heterocycles. The summed E-state index contributed by atoms with van der Waals surface area (Å²) >= 11 is 1.27. The molecule has 1 unspecified atom stereocenters. The third-order valence-corrected chi connectivity index (χ3v) is 5.25. The highest BCUT2D eigenvalue weighted by molar-refractivity contribution is 7.14. The van der Waals surface area contributed by atoms with E-state index < -0.39 is 18.0 Å². The number of nitrogens with zero attached hydrogens (tertiary/aromatic N) is 3. The molecule has 0 saturated carbocycles. The van der Waals surface area contributed by atoms with Crippen molar-refractivity contribution in [3.63, 3.8) is 0 Å². The standard InChI is InChI=1S/C22H18N4O4S/c1-13(30-21(28)15-7-5-8-16-19(15)24-11-10-23-16)20(27)26-22-25-17(12-31-22)14-6-3-4-9-18(14)29-2/h3-13H,1-2H3,(H,25,26,27). The van der Waals surface area contributed by atoms with E-state index in [2.05, 4.69) is 20.3 Å². The molecule has 2 heterocycles. The fourth-order valence-corrected chi connectivity index (χ4v) is 3.67. The molecule has 31 heavy (non-hydrogen) atoms. The van der Waals surface area contributed by atoms with Gasteiger partial charge in [0.05, 0.1) is 23.9 Å². The number of benzene rings is 2. The van der Waals surface area contributed by atoms with Crippen LogP contribution in [0.4, 0.5) is 5.13 Å². The number of amides is 1. The summed E-state index contributed by atoms with van der Waals surface area (Å²) < 4.78 is 10.7. The molecule has 0 bridgehead atoms. The van der Waals surface area contributed by atoms with Gasteiger partial charge in [0.1, 0.15) is 11.3 Å². The van der Waals surface area contributed by atoms with E-state index in [9.17, 15) is 9.59 Å². The first-order valence-corrected chi connectivity index (χ1v) is 10.3. The lowest BCUT2D eigenvalue weighted by molar-refractivity contribution is -0.123. The largest absolute Gasteiger partial charge is 0.496 e. The molecule has 1 N–H and O–H groups in total. The average Bonchev–Trinajstić information content (AvgIpc) is 3.26. The number of carbonyl (C=O) groups excluding carboxylic acids is 2. The second kappa shape index (κ2) is 8.88. The molecule has 0 aliphatic carbocycles. The van der Waals surface area contributed by atoms with Crippen molar-refractivity contribution in [3.05, 3.63) is 65.8 Å². The molecule has 0 aliphatic rings. The smallest absolute Gasteiger partial charge is 0.341 e. The van der Waals surface area contributed by atoms with Crippen LogP contribution < -0.4 is 10.1 Å². The molecule has 1 atom stereocenters. The Hall–Kier alpha value is -3.85. The van der Waals surface area contributed by atoms with Crippen LogP contribution in [-0.4, -0.2) is 40.0 Å². The Balaban J connectivity index is 1.44. The molecular weight excluding hydrogens is 416 g/mol. The molecule has 0 fully saturated rings. The molecule has 8 nitrogen and oxygen atoms in total. The molecule has 1 amide bonds. The lowest BCUT2D eigenvalue weighted by Gasteiger charge is -2.13. The fraction of sp³-hybridized carbons (Fsp3) is 0.136. The third kappa shape index (κ3) is 4.36. The number of rotatable bonds is 6. The quantitative estimate of drug-likeness (QED) is 0.458. The Morgan fingerprint density at radius 2 is 1.87 bits per heavy atom. The molecule has 2 aromatic carbocycles. The Kier molecular flexibility index (Phi) is 5.85. The van der Waals surface area contributed by atoms with Gasteiger partial charge < -0.3 is 9.47 Å². The van der Waals surface area contributed by atoms with Gasteiger partial charge in [0.2, 0.25) is 0 Å². The number of para-hydroxylation sites is 2. The second-order valence-electron chi connectivity index (χ2n) is 6.50. The minimum absolute atomic E-state index is 0.248. The molecule has 0 radical (unpaired) electrons. The number of fused-ring (bicyclic) bond motifs is 1. The van der Waals surface area contributed by atoms with E-state index >= 15 is 0 Å². The van der Waals surface area contributed by atoms with Crippen LogP contribution >= 0.6 is 11.3 Å². The van der Waals surface area contributed by atoms with Crippen molar-refractivity contribution in [2.75, 3.05) is 12.4 Å². The number of methoxy groups -OCH3 is 1. The van der Waals surface area contributed by atoms with E-state index in [-0.39, 0.29) is 5.56 Å². The molecule has 0 saturated heterocycles. The third-order valence-electron chi connectivity index (χ3n) is 4.49. The van der Waals surface area contributed by atoms with Crippen molar-refractivity contribution in [1.29, 1.82) is 0 Å². The van der Waals surface area contributed by atoms with Crippen molar-refractivity contribution in [2.24, 2.45) is 0 Å². The second-order valence-corrected chi connectivity index (χ2v) is 7.36. The topological polar surface area (TPSA) is 103 Å². The zero-order valence-corrected chi connectivity index (χ0v) is 17.6. The number of anilines is 1. The van der Waals surface area contributed by atoms with Crippen LogP contribution in [-0.2, 0) is 9.53 Å². The summed E-state index contributed by atoms with van der Waals surface area (Å²) in [7, 11) is 1.59. The summed E-state index contributed by atoms with van der Waals surface area (Å²) in [5.74, 6) is -0.450. The Morgan fingerprint density at radius 3 is 2.71 bits per heavy atom. The number of ether oxygens (including phenoxy) is 2. The first kappa shape index (κ1) is 20.4. The predicted molar refractivity (Wildman–Crippen MR) is 117 cm³/mol. The normalized spacial score (nSPS) is 11.7. The van der Waals surface area contributed by atoms with Gasteiger partial charge in [-0.15, -0.1) is 11.3 Å². The lowest BCUT2D eigenvalue weighted by Crippen LogP contribution is -2.30. The molecule has 156 valence electrons. The zero-order chi connectivity index (χ0) is 21.8. The summed E-state index contributed by atoms with van der Waals surface area (Å²) in [5.41, 5.74) is 2.73. The van der Waals surface area contributed by atoms with Crippen LogP contribution in [0, 0.1) is 0 Å². The zero-order valence-electron chi connectivity index (χ0n) is 16.7. The summed E-state index contributed by atoms with van der Waals surface area (Å²) in [6.45, 7) is 1.50. The van der Waals surface area contributed by atoms with E-state index in [1.165, 1.54) is 24.5 Å². The highest BCUT2D eigenvalue weighted by Crippen LogP contribution is 2.31. The number of hydrogen-bond donors (Lipinski definition) is 1. The highest BCUT2D eigenvalue weighted by Gasteiger charge is 2.22. The average molecular weight is 434 g/mol. The number of thiazole rings is 1. The van der Waals surface area contributed by atoms with Crippen LogP contribution in [0.15, 0.2) is 60.2 Å². The van der Waals surface area contributed by atoms with Crippen LogP contribution in [0.2, 0.25) is 0 Å². The lowest BCUT2D eigenvalue weighted by atomic mass is 10.1. The maximum atomic E-state index is 12.6. The van der Waals surface area contributed by atoms with Gasteiger partial charge >= 0.3 is 5.97 Å². The number of nitrogens with one attached hydrogen (secondary N) is 1. The molecule has 4 rings (SSSR count). The van der Waals surface area contributed by atoms with Gasteiger partial charge in [-0.2, -0.15) is 0 Å². The molecule has 9 heteroatoms. The first-order valence-electron chi connectivity index (χ1n) is 9.37. The summed E-state index contributed by atoms with van der Waals surface area (Å²) in [4.78, 5) is 37.9. The van der Waals surface area contributed by atoms with Gasteiger partial charge in [-0.3, -0.25) is 20.1 Å². The van der Waals surface area contributed by atoms with Crippen LogP contribution in [0.5, 0.6) is 5.75 Å². The maximum absolute atomic E-state index is 12.6. The number of hydrogen-bond acceptors (Lipinski definition) is 8. The Bertz CT molecular complexity index is 1250. The van der Waals surface area contributed by atoms with Crippen molar-refractivity contribution in [2.45, 2.75) is 13.0 Å². The van der Waals surface area contributed by atoms with Crippen LogP contribution in [0.1, 0.15) is 17.3 Å². The highest BCUT2D eigenvalue weighted by atomic mass is 32.1. The Morgan fingerprint density at radius 1 is 1.06 bits per heavy atom. The summed E-state index contributed by atoms with van der Waals surface area (Å²) in [6, 6.07) is 12.5. The van der Waals surface area contributed by atoms with Gasteiger partial charge in [-0.05, 0) is 31.2 Å². The number of aromatic nitrogens is 3. The van der Waals surface area contributed by atoms with Crippen LogP contribution in [0.25, 0.3) is 22.3 Å².